The normalized spacial score (nSPS) is 11.8. The molecule has 2 aromatic rings. The summed E-state index contributed by atoms with van der Waals surface area (Å²) in [5.74, 6) is 0.520. The number of methoxy groups -OCH3 is 1. The topological polar surface area (TPSA) is 90.7 Å². The molecule has 7 nitrogen and oxygen atoms in total. The monoisotopic (exact) mass is 384 g/mol. The maximum absolute atomic E-state index is 12.6. The van der Waals surface area contributed by atoms with Crippen molar-refractivity contribution in [3.63, 3.8) is 0 Å². The first-order valence-electron chi connectivity index (χ1n) is 8.08. The largest absolute Gasteiger partial charge is 0.494 e. The number of aromatic nitrogens is 2. The fourth-order valence-corrected chi connectivity index (χ4v) is 3.88. The minimum absolute atomic E-state index is 0.0620. The van der Waals surface area contributed by atoms with E-state index in [1.54, 1.807) is 30.3 Å². The van der Waals surface area contributed by atoms with Crippen molar-refractivity contribution in [1.82, 2.24) is 9.71 Å². The van der Waals surface area contributed by atoms with Crippen LogP contribution in [0.5, 0.6) is 11.5 Å². The fourth-order valence-electron chi connectivity index (χ4n) is 2.95. The lowest BCUT2D eigenvalue weighted by Gasteiger charge is -2.09. The number of ether oxygens (including phenoxy) is 1. The van der Waals surface area contributed by atoms with Crippen molar-refractivity contribution in [2.24, 2.45) is 0 Å². The van der Waals surface area contributed by atoms with Crippen LogP contribution in [0.1, 0.15) is 5.56 Å². The molecule has 2 aromatic carbocycles. The molecule has 0 spiro atoms. The van der Waals surface area contributed by atoms with Crippen LogP contribution in [0.4, 0.5) is 0 Å². The van der Waals surface area contributed by atoms with Crippen molar-refractivity contribution >= 4 is 21.0 Å². The molecule has 0 radical (unpaired) electrons. The first-order chi connectivity index (χ1) is 12.9. The molecule has 0 amide bonds. The fraction of sp³-hybridized carbons (Fsp3) is 0.105. The van der Waals surface area contributed by atoms with E-state index >= 15 is 0 Å². The maximum atomic E-state index is 12.6. The Morgan fingerprint density at radius 1 is 1.04 bits per heavy atom. The number of fused-ring (bicyclic) bond motifs is 3. The Kier molecular flexibility index (Phi) is 3.92. The highest BCUT2D eigenvalue weighted by atomic mass is 32.2. The summed E-state index contributed by atoms with van der Waals surface area (Å²) in [6.45, 7) is 1.87. The molecule has 0 fully saturated rings. The van der Waals surface area contributed by atoms with Crippen LogP contribution in [0.15, 0.2) is 59.8 Å². The molecule has 1 N–H and O–H groups in total. The standard InChI is InChI=1S/C19H16N2O5S/c1-12-6-8-13(9-7-12)27(23,24)26-16-5-3-4-14-18-15(20-19(14)16)10-21(22)11-17(18)25-2/h3-11,22H,1-2H3. The van der Waals surface area contributed by atoms with Crippen LogP contribution in [0.25, 0.3) is 22.2 Å². The van der Waals surface area contributed by atoms with Gasteiger partial charge in [-0.15, -0.1) is 0 Å². The molecule has 2 heterocycles. The third kappa shape index (κ3) is 2.93. The molecule has 2 aliphatic heterocycles. The number of aryl methyl sites for hydroxylation is 1. The van der Waals surface area contributed by atoms with Crippen LogP contribution in [0, 0.1) is 6.92 Å². The molecule has 0 unspecified atom stereocenters. The number of hydrogen-bond donors (Lipinski definition) is 1. The molecule has 0 saturated heterocycles. The van der Waals surface area contributed by atoms with Crippen molar-refractivity contribution in [3.05, 3.63) is 60.4 Å². The van der Waals surface area contributed by atoms with E-state index in [0.717, 1.165) is 10.3 Å². The van der Waals surface area contributed by atoms with Crippen molar-refractivity contribution in [3.8, 4) is 22.8 Å². The van der Waals surface area contributed by atoms with Crippen molar-refractivity contribution in [1.29, 1.82) is 0 Å². The van der Waals surface area contributed by atoms with E-state index in [0.29, 0.717) is 27.9 Å². The molecular weight excluding hydrogens is 368 g/mol. The number of nitrogens with zero attached hydrogens (tertiary/aromatic N) is 2. The van der Waals surface area contributed by atoms with Gasteiger partial charge in [-0.25, -0.2) is 4.98 Å². The highest BCUT2D eigenvalue weighted by molar-refractivity contribution is 7.87. The maximum Gasteiger partial charge on any atom is 0.339 e. The molecule has 4 rings (SSSR count). The lowest BCUT2D eigenvalue weighted by molar-refractivity contribution is 0.181. The van der Waals surface area contributed by atoms with Crippen LogP contribution in [0.2, 0.25) is 0 Å². The van der Waals surface area contributed by atoms with Crippen molar-refractivity contribution in [2.75, 3.05) is 7.11 Å². The van der Waals surface area contributed by atoms with Crippen molar-refractivity contribution in [2.45, 2.75) is 11.8 Å². The van der Waals surface area contributed by atoms with Gasteiger partial charge in [-0.3, -0.25) is 0 Å². The molecule has 0 atom stereocenters. The van der Waals surface area contributed by atoms with E-state index < -0.39 is 10.1 Å². The van der Waals surface area contributed by atoms with Crippen LogP contribution < -0.4 is 8.92 Å². The second-order valence-electron chi connectivity index (χ2n) is 6.08. The Morgan fingerprint density at radius 2 is 1.78 bits per heavy atom. The van der Waals surface area contributed by atoms with Gasteiger partial charge in [-0.2, -0.15) is 13.1 Å². The van der Waals surface area contributed by atoms with E-state index in [-0.39, 0.29) is 10.6 Å². The van der Waals surface area contributed by atoms with Gasteiger partial charge < -0.3 is 14.1 Å². The summed E-state index contributed by atoms with van der Waals surface area (Å²) in [4.78, 5) is 4.49. The van der Waals surface area contributed by atoms with Crippen LogP contribution >= 0.6 is 0 Å². The van der Waals surface area contributed by atoms with Gasteiger partial charge in [-0.1, -0.05) is 29.8 Å². The lowest BCUT2D eigenvalue weighted by Crippen LogP contribution is -2.09. The summed E-state index contributed by atoms with van der Waals surface area (Å²) >= 11 is 0. The van der Waals surface area contributed by atoms with E-state index in [2.05, 4.69) is 4.98 Å². The summed E-state index contributed by atoms with van der Waals surface area (Å²) < 4.78 is 36.8. The van der Waals surface area contributed by atoms with E-state index in [4.69, 9.17) is 8.92 Å². The smallest absolute Gasteiger partial charge is 0.339 e. The Bertz CT molecular complexity index is 1210. The molecule has 8 heteroatoms. The first-order valence-corrected chi connectivity index (χ1v) is 9.49. The average Bonchev–Trinajstić information content (AvgIpc) is 3.00. The summed E-state index contributed by atoms with van der Waals surface area (Å²) in [5.41, 5.74) is 2.43. The Hall–Kier alpha value is -3.26. The predicted molar refractivity (Wildman–Crippen MR) is 99.1 cm³/mol. The predicted octanol–water partition coefficient (Wildman–Crippen LogP) is 3.46. The quantitative estimate of drug-likeness (QED) is 0.428. The molecular formula is C19H16N2O5S. The molecule has 27 heavy (non-hydrogen) atoms. The average molecular weight is 384 g/mol. The van der Waals surface area contributed by atoms with E-state index in [1.807, 2.05) is 6.92 Å². The summed E-state index contributed by atoms with van der Waals surface area (Å²) in [7, 11) is -2.53. The SMILES string of the molecule is COc1cn(O)cc2nc3c(OS(=O)(=O)c4ccc(C)cc4)cccc3c1-2. The van der Waals surface area contributed by atoms with E-state index in [9.17, 15) is 13.6 Å². The third-order valence-electron chi connectivity index (χ3n) is 4.24. The molecule has 2 aliphatic rings. The highest BCUT2D eigenvalue weighted by Crippen LogP contribution is 2.41. The summed E-state index contributed by atoms with van der Waals surface area (Å²) in [5, 5.41) is 10.4. The number of benzene rings is 2. The number of rotatable bonds is 4. The molecule has 138 valence electrons. The Labute approximate surface area is 155 Å². The van der Waals surface area contributed by atoms with Gasteiger partial charge in [0.2, 0.25) is 0 Å². The lowest BCUT2D eigenvalue weighted by atomic mass is 10.1. The zero-order chi connectivity index (χ0) is 19.2. The van der Waals surface area contributed by atoms with Gasteiger partial charge in [0.1, 0.15) is 16.2 Å². The van der Waals surface area contributed by atoms with Crippen LogP contribution in [-0.2, 0) is 10.1 Å². The van der Waals surface area contributed by atoms with Crippen molar-refractivity contribution < 1.29 is 22.5 Å². The number of hydrogen-bond acceptors (Lipinski definition) is 6. The van der Waals surface area contributed by atoms with E-state index in [1.165, 1.54) is 31.6 Å². The third-order valence-corrected chi connectivity index (χ3v) is 5.48. The summed E-state index contributed by atoms with van der Waals surface area (Å²) in [6.07, 6.45) is 2.82. The number of pyridine rings is 1. The zero-order valence-electron chi connectivity index (χ0n) is 14.6. The van der Waals surface area contributed by atoms with Gasteiger partial charge in [0.05, 0.1) is 30.8 Å². The summed E-state index contributed by atoms with van der Waals surface area (Å²) in [6, 6.07) is 11.4. The zero-order valence-corrected chi connectivity index (χ0v) is 15.4. The molecule has 0 aliphatic carbocycles. The number of para-hydroxylation sites is 1. The van der Waals surface area contributed by atoms with Crippen LogP contribution in [0.3, 0.4) is 0 Å². The minimum Gasteiger partial charge on any atom is -0.494 e. The van der Waals surface area contributed by atoms with Gasteiger partial charge in [0, 0.05) is 5.39 Å². The van der Waals surface area contributed by atoms with Gasteiger partial charge in [0.15, 0.2) is 5.75 Å². The second kappa shape index (κ2) is 6.17. The van der Waals surface area contributed by atoms with Gasteiger partial charge in [0.25, 0.3) is 0 Å². The second-order valence-corrected chi connectivity index (χ2v) is 7.63. The molecule has 0 bridgehead atoms. The molecule has 0 saturated carbocycles. The Balaban J connectivity index is 1.87. The van der Waals surface area contributed by atoms with Gasteiger partial charge >= 0.3 is 10.1 Å². The molecule has 0 aromatic heterocycles. The van der Waals surface area contributed by atoms with Crippen LogP contribution in [-0.4, -0.2) is 30.4 Å². The Morgan fingerprint density at radius 3 is 2.48 bits per heavy atom. The minimum atomic E-state index is -4.01. The highest BCUT2D eigenvalue weighted by Gasteiger charge is 2.23. The van der Waals surface area contributed by atoms with Gasteiger partial charge in [-0.05, 0) is 25.1 Å². The first kappa shape index (κ1) is 17.2.